The number of fused-ring (bicyclic) bond motifs is 2. The molecule has 4 heterocycles. The van der Waals surface area contributed by atoms with E-state index in [1.54, 1.807) is 15.9 Å². The van der Waals surface area contributed by atoms with Gasteiger partial charge in [0.15, 0.2) is 0 Å². The number of aryl methyl sites for hydroxylation is 1. The van der Waals surface area contributed by atoms with Crippen LogP contribution in [0.2, 0.25) is 0 Å². The van der Waals surface area contributed by atoms with Crippen molar-refractivity contribution in [2.24, 2.45) is 0 Å². The molecule has 2 aliphatic heterocycles. The average molecular weight is 420 g/mol. The first kappa shape index (κ1) is 20.4. The lowest BCUT2D eigenvalue weighted by molar-refractivity contribution is -0.0936. The lowest BCUT2D eigenvalue weighted by Crippen LogP contribution is -2.52. The molecule has 29 heavy (non-hydrogen) atoms. The number of aromatic nitrogens is 4. The van der Waals surface area contributed by atoms with Crippen molar-refractivity contribution in [2.75, 3.05) is 19.7 Å². The second kappa shape index (κ2) is 7.45. The third kappa shape index (κ3) is 3.39. The van der Waals surface area contributed by atoms with Crippen molar-refractivity contribution in [3.63, 3.8) is 0 Å². The Balaban J connectivity index is 1.72. The summed E-state index contributed by atoms with van der Waals surface area (Å²) in [6, 6.07) is 0. The van der Waals surface area contributed by atoms with Crippen LogP contribution in [-0.4, -0.2) is 52.2 Å². The summed E-state index contributed by atoms with van der Waals surface area (Å²) in [6.45, 7) is 9.81. The second-order valence-corrected chi connectivity index (χ2v) is 10.1. The fourth-order valence-corrected chi connectivity index (χ4v) is 6.03. The standard InChI is InChI=1S/C20H29N5O3S/c1-5-25-15(4)17(12-22-25)29(26,27)24-9-6-8-20(13-24)18-16(7-10-28-20)11-21-19(23-18)14(2)3/h11-12,14H,5-10,13H2,1-4H3/t20-/m0/s1. The Morgan fingerprint density at radius 1 is 1.31 bits per heavy atom. The highest BCUT2D eigenvalue weighted by Gasteiger charge is 2.46. The van der Waals surface area contributed by atoms with E-state index in [4.69, 9.17) is 9.72 Å². The van der Waals surface area contributed by atoms with Crippen LogP contribution in [0, 0.1) is 6.92 Å². The SMILES string of the molecule is CCn1ncc(S(=O)(=O)N2CCC[C@@]3(C2)OCCc2cnc(C(C)C)nc23)c1C. The minimum absolute atomic E-state index is 0.199. The predicted molar refractivity (Wildman–Crippen MR) is 108 cm³/mol. The summed E-state index contributed by atoms with van der Waals surface area (Å²) >= 11 is 0. The fourth-order valence-electron chi connectivity index (χ4n) is 4.34. The first-order valence-electron chi connectivity index (χ1n) is 10.3. The summed E-state index contributed by atoms with van der Waals surface area (Å²) in [5.74, 6) is 0.971. The molecular formula is C20H29N5O3S. The van der Waals surface area contributed by atoms with Crippen molar-refractivity contribution in [2.45, 2.75) is 69.9 Å². The first-order chi connectivity index (χ1) is 13.8. The minimum Gasteiger partial charge on any atom is -0.367 e. The van der Waals surface area contributed by atoms with Crippen molar-refractivity contribution >= 4 is 10.0 Å². The smallest absolute Gasteiger partial charge is 0.246 e. The molecule has 0 N–H and O–H groups in total. The maximum atomic E-state index is 13.4. The lowest BCUT2D eigenvalue weighted by Gasteiger charge is -2.44. The molecular weight excluding hydrogens is 390 g/mol. The molecule has 2 aromatic rings. The molecule has 1 fully saturated rings. The van der Waals surface area contributed by atoms with Crippen LogP contribution in [0.25, 0.3) is 0 Å². The molecule has 1 saturated heterocycles. The maximum Gasteiger partial charge on any atom is 0.246 e. The van der Waals surface area contributed by atoms with Crippen LogP contribution in [0.15, 0.2) is 17.3 Å². The zero-order valence-corrected chi connectivity index (χ0v) is 18.4. The molecule has 0 aliphatic carbocycles. The van der Waals surface area contributed by atoms with Crippen LogP contribution in [0.5, 0.6) is 0 Å². The Morgan fingerprint density at radius 3 is 2.79 bits per heavy atom. The third-order valence-electron chi connectivity index (χ3n) is 5.98. The summed E-state index contributed by atoms with van der Waals surface area (Å²) in [6.07, 6.45) is 5.59. The molecule has 2 aliphatic rings. The highest BCUT2D eigenvalue weighted by Crippen LogP contribution is 2.41. The van der Waals surface area contributed by atoms with Crippen LogP contribution in [-0.2, 0) is 33.3 Å². The Morgan fingerprint density at radius 2 is 2.10 bits per heavy atom. The van der Waals surface area contributed by atoms with Crippen LogP contribution in [0.3, 0.4) is 0 Å². The van der Waals surface area contributed by atoms with E-state index >= 15 is 0 Å². The van der Waals surface area contributed by atoms with E-state index in [2.05, 4.69) is 23.9 Å². The highest BCUT2D eigenvalue weighted by atomic mass is 32.2. The zero-order valence-electron chi connectivity index (χ0n) is 17.6. The van der Waals surface area contributed by atoms with Crippen molar-refractivity contribution in [3.05, 3.63) is 35.2 Å². The molecule has 9 heteroatoms. The molecule has 0 saturated carbocycles. The van der Waals surface area contributed by atoms with E-state index in [0.29, 0.717) is 25.4 Å². The quantitative estimate of drug-likeness (QED) is 0.756. The van der Waals surface area contributed by atoms with Gasteiger partial charge in [0.05, 0.1) is 24.2 Å². The van der Waals surface area contributed by atoms with Gasteiger partial charge < -0.3 is 4.74 Å². The van der Waals surface area contributed by atoms with E-state index in [9.17, 15) is 8.42 Å². The molecule has 0 unspecified atom stereocenters. The molecule has 2 aromatic heterocycles. The zero-order chi connectivity index (χ0) is 20.8. The topological polar surface area (TPSA) is 90.2 Å². The van der Waals surface area contributed by atoms with Gasteiger partial charge in [-0.15, -0.1) is 0 Å². The Bertz CT molecular complexity index is 1020. The van der Waals surface area contributed by atoms with Crippen LogP contribution < -0.4 is 0 Å². The van der Waals surface area contributed by atoms with E-state index in [1.165, 1.54) is 6.20 Å². The Hall–Kier alpha value is -1.84. The van der Waals surface area contributed by atoms with Crippen LogP contribution >= 0.6 is 0 Å². The van der Waals surface area contributed by atoms with E-state index < -0.39 is 15.6 Å². The van der Waals surface area contributed by atoms with E-state index in [0.717, 1.165) is 36.3 Å². The van der Waals surface area contributed by atoms with Crippen molar-refractivity contribution < 1.29 is 13.2 Å². The number of sulfonamides is 1. The molecule has 1 spiro atoms. The monoisotopic (exact) mass is 419 g/mol. The van der Waals surface area contributed by atoms with Gasteiger partial charge in [-0.25, -0.2) is 18.4 Å². The van der Waals surface area contributed by atoms with Gasteiger partial charge in [-0.3, -0.25) is 4.68 Å². The predicted octanol–water partition coefficient (Wildman–Crippen LogP) is 2.38. The van der Waals surface area contributed by atoms with Gasteiger partial charge in [0, 0.05) is 31.7 Å². The first-order valence-corrected chi connectivity index (χ1v) is 11.8. The molecule has 0 aromatic carbocycles. The molecule has 8 nitrogen and oxygen atoms in total. The number of piperidine rings is 1. The third-order valence-corrected chi connectivity index (χ3v) is 7.92. The maximum absolute atomic E-state index is 13.4. The number of nitrogens with zero attached hydrogens (tertiary/aromatic N) is 5. The van der Waals surface area contributed by atoms with Gasteiger partial charge in [0.25, 0.3) is 0 Å². The van der Waals surface area contributed by atoms with Gasteiger partial charge in [-0.1, -0.05) is 13.8 Å². The number of rotatable bonds is 4. The fraction of sp³-hybridized carbons (Fsp3) is 0.650. The van der Waals surface area contributed by atoms with Crippen LogP contribution in [0.1, 0.15) is 62.3 Å². The minimum atomic E-state index is -3.66. The molecule has 4 rings (SSSR count). The normalized spacial score (nSPS) is 22.9. The summed E-state index contributed by atoms with van der Waals surface area (Å²) < 4.78 is 36.4. The van der Waals surface area contributed by atoms with Crippen molar-refractivity contribution in [1.29, 1.82) is 0 Å². The van der Waals surface area contributed by atoms with E-state index in [-0.39, 0.29) is 17.4 Å². The van der Waals surface area contributed by atoms with Crippen LogP contribution in [0.4, 0.5) is 0 Å². The Labute approximate surface area is 172 Å². The van der Waals surface area contributed by atoms with Crippen molar-refractivity contribution in [1.82, 2.24) is 24.1 Å². The number of hydrogen-bond acceptors (Lipinski definition) is 6. The van der Waals surface area contributed by atoms with Gasteiger partial charge in [0.1, 0.15) is 16.3 Å². The molecule has 0 amide bonds. The van der Waals surface area contributed by atoms with Gasteiger partial charge in [-0.2, -0.15) is 9.40 Å². The summed E-state index contributed by atoms with van der Waals surface area (Å²) in [5.41, 5.74) is 1.89. The number of ether oxygens (including phenoxy) is 1. The summed E-state index contributed by atoms with van der Waals surface area (Å²) in [5, 5.41) is 4.23. The lowest BCUT2D eigenvalue weighted by atomic mass is 9.85. The summed E-state index contributed by atoms with van der Waals surface area (Å²) in [4.78, 5) is 9.61. The van der Waals surface area contributed by atoms with Gasteiger partial charge >= 0.3 is 0 Å². The largest absolute Gasteiger partial charge is 0.367 e. The second-order valence-electron chi connectivity index (χ2n) is 8.20. The average Bonchev–Trinajstić information content (AvgIpc) is 3.09. The van der Waals surface area contributed by atoms with Gasteiger partial charge in [0.2, 0.25) is 10.0 Å². The molecule has 1 atom stereocenters. The van der Waals surface area contributed by atoms with Gasteiger partial charge in [-0.05, 0) is 38.7 Å². The molecule has 0 radical (unpaired) electrons. The van der Waals surface area contributed by atoms with E-state index in [1.807, 2.05) is 13.1 Å². The summed E-state index contributed by atoms with van der Waals surface area (Å²) in [7, 11) is -3.66. The number of hydrogen-bond donors (Lipinski definition) is 0. The van der Waals surface area contributed by atoms with Crippen molar-refractivity contribution in [3.8, 4) is 0 Å². The highest BCUT2D eigenvalue weighted by molar-refractivity contribution is 7.89. The Kier molecular flexibility index (Phi) is 5.25. The molecule has 0 bridgehead atoms. The molecule has 158 valence electrons.